The molecule has 3 aromatic rings. The lowest BCUT2D eigenvalue weighted by molar-refractivity contribution is 0.103. The van der Waals surface area contributed by atoms with E-state index in [1.807, 2.05) is 25.1 Å². The Balaban J connectivity index is 1.62. The van der Waals surface area contributed by atoms with Crippen LogP contribution in [-0.2, 0) is 16.4 Å². The van der Waals surface area contributed by atoms with Crippen LogP contribution in [-0.4, -0.2) is 30.6 Å². The Bertz CT molecular complexity index is 1060. The van der Waals surface area contributed by atoms with Gasteiger partial charge in [0.05, 0.1) is 10.6 Å². The lowest BCUT2D eigenvalue weighted by Crippen LogP contribution is -2.35. The molecule has 1 aromatic carbocycles. The number of amides is 1. The van der Waals surface area contributed by atoms with Crippen LogP contribution < -0.4 is 9.62 Å². The fourth-order valence-electron chi connectivity index (χ4n) is 2.92. The quantitative estimate of drug-likeness (QED) is 0.673. The van der Waals surface area contributed by atoms with E-state index in [0.29, 0.717) is 17.0 Å². The molecule has 2 aromatic heterocycles. The van der Waals surface area contributed by atoms with Crippen LogP contribution in [0.1, 0.15) is 22.2 Å². The largest absolute Gasteiger partial charge is 0.296 e. The topological polar surface area (TPSA) is 92.3 Å². The van der Waals surface area contributed by atoms with E-state index in [1.54, 1.807) is 23.6 Å². The number of hydrogen-bond donors (Lipinski definition) is 1. The first-order chi connectivity index (χ1) is 12.5. The van der Waals surface area contributed by atoms with Crippen molar-refractivity contribution < 1.29 is 13.2 Å². The molecule has 134 valence electrons. The predicted octanol–water partition coefficient (Wildman–Crippen LogP) is 2.99. The molecule has 0 spiro atoms. The van der Waals surface area contributed by atoms with Crippen LogP contribution in [0.2, 0.25) is 0 Å². The molecule has 0 unspecified atom stereocenters. The molecule has 0 aliphatic carbocycles. The van der Waals surface area contributed by atoms with Gasteiger partial charge in [0.2, 0.25) is 5.13 Å². The van der Waals surface area contributed by atoms with Gasteiger partial charge in [0.15, 0.2) is 0 Å². The Morgan fingerprint density at radius 2 is 2.04 bits per heavy atom. The summed E-state index contributed by atoms with van der Waals surface area (Å²) in [5, 5.41) is 12.2. The van der Waals surface area contributed by atoms with Crippen LogP contribution in [0, 0.1) is 0 Å². The molecular formula is C16H14N4O3S3. The smallest absolute Gasteiger partial charge is 0.293 e. The standard InChI is InChI=1S/C16H14N4O3S3/c1-10-9-11-5-2-3-6-12(11)20(10)26(22,23)16-19-18-15(25-16)17-14(21)13-7-4-8-24-13/h2-8,10H,9H2,1H3,(H,17,18,21)/t10-/m1/s1. The van der Waals surface area contributed by atoms with Gasteiger partial charge < -0.3 is 0 Å². The third kappa shape index (κ3) is 2.89. The van der Waals surface area contributed by atoms with Crippen molar-refractivity contribution in [3.05, 3.63) is 52.2 Å². The van der Waals surface area contributed by atoms with Gasteiger partial charge in [0.25, 0.3) is 20.3 Å². The summed E-state index contributed by atoms with van der Waals surface area (Å²) >= 11 is 2.14. The van der Waals surface area contributed by atoms with Crippen molar-refractivity contribution in [1.82, 2.24) is 10.2 Å². The van der Waals surface area contributed by atoms with Gasteiger partial charge >= 0.3 is 0 Å². The van der Waals surface area contributed by atoms with E-state index in [9.17, 15) is 13.2 Å². The third-order valence-corrected chi connectivity index (χ3v) is 7.98. The second kappa shape index (κ2) is 6.45. The van der Waals surface area contributed by atoms with Gasteiger partial charge in [0.1, 0.15) is 0 Å². The molecule has 7 nitrogen and oxygen atoms in total. The number of para-hydroxylation sites is 1. The Morgan fingerprint density at radius 1 is 1.23 bits per heavy atom. The summed E-state index contributed by atoms with van der Waals surface area (Å²) in [6.45, 7) is 1.86. The molecule has 1 amide bonds. The molecule has 1 atom stereocenters. The van der Waals surface area contributed by atoms with Crippen LogP contribution in [0.5, 0.6) is 0 Å². The zero-order chi connectivity index (χ0) is 18.3. The average Bonchev–Trinajstić information content (AvgIpc) is 3.33. The predicted molar refractivity (Wildman–Crippen MR) is 101 cm³/mol. The minimum Gasteiger partial charge on any atom is -0.296 e. The number of sulfonamides is 1. The van der Waals surface area contributed by atoms with Crippen molar-refractivity contribution >= 4 is 49.4 Å². The number of thiophene rings is 1. The van der Waals surface area contributed by atoms with Gasteiger partial charge in [-0.15, -0.1) is 21.5 Å². The fraction of sp³-hybridized carbons (Fsp3) is 0.188. The average molecular weight is 407 g/mol. The molecule has 1 N–H and O–H groups in total. The lowest BCUT2D eigenvalue weighted by atomic mass is 10.1. The molecule has 4 rings (SSSR count). The molecule has 0 saturated heterocycles. The number of rotatable bonds is 4. The maximum absolute atomic E-state index is 13.1. The van der Waals surface area contributed by atoms with Crippen molar-refractivity contribution in [1.29, 1.82) is 0 Å². The first kappa shape index (κ1) is 17.1. The first-order valence-corrected chi connectivity index (χ1v) is 10.9. The second-order valence-corrected chi connectivity index (χ2v) is 9.70. The highest BCUT2D eigenvalue weighted by molar-refractivity contribution is 7.94. The van der Waals surface area contributed by atoms with Crippen LogP contribution in [0.4, 0.5) is 10.8 Å². The highest BCUT2D eigenvalue weighted by Crippen LogP contribution is 2.37. The number of carbonyl (C=O) groups excluding carboxylic acids is 1. The number of nitrogens with one attached hydrogen (secondary N) is 1. The van der Waals surface area contributed by atoms with Gasteiger partial charge in [-0.1, -0.05) is 35.6 Å². The minimum atomic E-state index is -3.84. The van der Waals surface area contributed by atoms with Gasteiger partial charge in [-0.2, -0.15) is 8.42 Å². The zero-order valence-corrected chi connectivity index (χ0v) is 16.1. The number of carbonyl (C=O) groups is 1. The number of aromatic nitrogens is 2. The van der Waals surface area contributed by atoms with Gasteiger partial charge in [-0.25, -0.2) is 0 Å². The summed E-state index contributed by atoms with van der Waals surface area (Å²) in [5.41, 5.74) is 1.65. The Kier molecular flexibility index (Phi) is 4.25. The molecule has 0 radical (unpaired) electrons. The van der Waals surface area contributed by atoms with Crippen LogP contribution >= 0.6 is 22.7 Å². The van der Waals surface area contributed by atoms with Crippen molar-refractivity contribution in [3.8, 4) is 0 Å². The van der Waals surface area contributed by atoms with Crippen molar-refractivity contribution in [2.45, 2.75) is 23.7 Å². The van der Waals surface area contributed by atoms with E-state index in [0.717, 1.165) is 16.9 Å². The monoisotopic (exact) mass is 406 g/mol. The Morgan fingerprint density at radius 3 is 2.81 bits per heavy atom. The molecular weight excluding hydrogens is 392 g/mol. The number of anilines is 2. The van der Waals surface area contributed by atoms with E-state index < -0.39 is 10.0 Å². The van der Waals surface area contributed by atoms with E-state index >= 15 is 0 Å². The van der Waals surface area contributed by atoms with Crippen molar-refractivity contribution in [3.63, 3.8) is 0 Å². The number of nitrogens with zero attached hydrogens (tertiary/aromatic N) is 3. The van der Waals surface area contributed by atoms with E-state index in [4.69, 9.17) is 0 Å². The maximum atomic E-state index is 13.1. The highest BCUT2D eigenvalue weighted by Gasteiger charge is 2.38. The molecule has 3 heterocycles. The summed E-state index contributed by atoms with van der Waals surface area (Å²) in [6, 6.07) is 10.7. The number of hydrogen-bond acceptors (Lipinski definition) is 7. The van der Waals surface area contributed by atoms with Crippen molar-refractivity contribution in [2.24, 2.45) is 0 Å². The Labute approximate surface area is 158 Å². The summed E-state index contributed by atoms with van der Waals surface area (Å²) in [5.74, 6) is -0.333. The van der Waals surface area contributed by atoms with Gasteiger partial charge in [-0.05, 0) is 36.4 Å². The van der Waals surface area contributed by atoms with Crippen LogP contribution in [0.25, 0.3) is 0 Å². The minimum absolute atomic E-state index is 0.137. The molecule has 10 heteroatoms. The molecule has 1 aliphatic rings. The fourth-order valence-corrected chi connectivity index (χ4v) is 6.21. The van der Waals surface area contributed by atoms with Crippen molar-refractivity contribution in [2.75, 3.05) is 9.62 Å². The van der Waals surface area contributed by atoms with E-state index in [1.165, 1.54) is 15.6 Å². The molecule has 26 heavy (non-hydrogen) atoms. The van der Waals surface area contributed by atoms with Crippen LogP contribution in [0.3, 0.4) is 0 Å². The van der Waals surface area contributed by atoms with Gasteiger partial charge in [0, 0.05) is 6.04 Å². The van der Waals surface area contributed by atoms with Crippen LogP contribution in [0.15, 0.2) is 46.1 Å². The number of fused-ring (bicyclic) bond motifs is 1. The second-order valence-electron chi connectivity index (χ2n) is 5.79. The molecule has 0 fully saturated rings. The first-order valence-electron chi connectivity index (χ1n) is 7.77. The summed E-state index contributed by atoms with van der Waals surface area (Å²) in [7, 11) is -3.84. The normalized spacial score (nSPS) is 16.5. The summed E-state index contributed by atoms with van der Waals surface area (Å²) < 4.78 is 27.4. The maximum Gasteiger partial charge on any atom is 0.293 e. The molecule has 0 saturated carbocycles. The summed E-state index contributed by atoms with van der Waals surface area (Å²) in [4.78, 5) is 12.6. The zero-order valence-electron chi connectivity index (χ0n) is 13.6. The van der Waals surface area contributed by atoms with Gasteiger partial charge in [-0.3, -0.25) is 14.4 Å². The summed E-state index contributed by atoms with van der Waals surface area (Å²) in [6.07, 6.45) is 0.649. The van der Waals surface area contributed by atoms with E-state index in [-0.39, 0.29) is 21.4 Å². The van der Waals surface area contributed by atoms with E-state index in [2.05, 4.69) is 15.5 Å². The SMILES string of the molecule is C[C@@H]1Cc2ccccc2N1S(=O)(=O)c1nnc(NC(=O)c2cccs2)s1. The lowest BCUT2D eigenvalue weighted by Gasteiger charge is -2.22. The highest BCUT2D eigenvalue weighted by atomic mass is 32.2. The third-order valence-electron chi connectivity index (χ3n) is 4.00. The number of benzene rings is 1. The Hall–Kier alpha value is -2.30. The molecule has 1 aliphatic heterocycles. The molecule has 0 bridgehead atoms.